The van der Waals surface area contributed by atoms with Crippen molar-refractivity contribution in [1.82, 2.24) is 15.5 Å². The molecular weight excluding hydrogens is 190 g/mol. The summed E-state index contributed by atoms with van der Waals surface area (Å²) in [6.45, 7) is 3.85. The molecule has 4 nitrogen and oxygen atoms in total. The average molecular weight is 209 g/mol. The third-order valence-corrected chi connectivity index (χ3v) is 3.39. The SMILES string of the molecule is COC1(CNCc2cn[nH]c2C)CCC1. The highest BCUT2D eigenvalue weighted by atomic mass is 16.5. The van der Waals surface area contributed by atoms with Gasteiger partial charge in [-0.3, -0.25) is 5.10 Å². The first-order valence-electron chi connectivity index (χ1n) is 5.50. The number of H-pyrrole nitrogens is 1. The van der Waals surface area contributed by atoms with Gasteiger partial charge in [-0.05, 0) is 26.2 Å². The first-order chi connectivity index (χ1) is 7.26. The van der Waals surface area contributed by atoms with E-state index in [1.54, 1.807) is 0 Å². The second kappa shape index (κ2) is 4.33. The Kier molecular flexibility index (Phi) is 3.07. The molecule has 84 valence electrons. The maximum absolute atomic E-state index is 5.54. The third-order valence-electron chi connectivity index (χ3n) is 3.39. The zero-order valence-corrected chi connectivity index (χ0v) is 9.47. The van der Waals surface area contributed by atoms with Gasteiger partial charge in [-0.15, -0.1) is 0 Å². The minimum absolute atomic E-state index is 0.109. The molecule has 0 aliphatic heterocycles. The van der Waals surface area contributed by atoms with Gasteiger partial charge in [0.1, 0.15) is 0 Å². The molecule has 0 saturated heterocycles. The Balaban J connectivity index is 1.77. The number of methoxy groups -OCH3 is 1. The minimum atomic E-state index is 0.109. The lowest BCUT2D eigenvalue weighted by molar-refractivity contribution is -0.0695. The molecule has 1 aliphatic carbocycles. The van der Waals surface area contributed by atoms with Crippen LogP contribution >= 0.6 is 0 Å². The van der Waals surface area contributed by atoms with Crippen molar-refractivity contribution in [2.24, 2.45) is 0 Å². The van der Waals surface area contributed by atoms with Crippen molar-refractivity contribution in [3.8, 4) is 0 Å². The van der Waals surface area contributed by atoms with Crippen LogP contribution in [-0.2, 0) is 11.3 Å². The Morgan fingerprint density at radius 2 is 2.40 bits per heavy atom. The van der Waals surface area contributed by atoms with E-state index < -0.39 is 0 Å². The van der Waals surface area contributed by atoms with Crippen LogP contribution in [0.2, 0.25) is 0 Å². The lowest BCUT2D eigenvalue weighted by atomic mass is 9.80. The predicted octanol–water partition coefficient (Wildman–Crippen LogP) is 1.38. The number of aromatic amines is 1. The number of nitrogens with one attached hydrogen (secondary N) is 2. The molecular formula is C11H19N3O. The smallest absolute Gasteiger partial charge is 0.0802 e. The summed E-state index contributed by atoms with van der Waals surface area (Å²) < 4.78 is 5.54. The van der Waals surface area contributed by atoms with Crippen LogP contribution in [-0.4, -0.2) is 29.5 Å². The molecule has 15 heavy (non-hydrogen) atoms. The van der Waals surface area contributed by atoms with Crippen LogP contribution < -0.4 is 5.32 Å². The summed E-state index contributed by atoms with van der Waals surface area (Å²) in [7, 11) is 1.81. The van der Waals surface area contributed by atoms with Crippen LogP contribution in [0, 0.1) is 6.92 Å². The van der Waals surface area contributed by atoms with E-state index in [2.05, 4.69) is 15.5 Å². The lowest BCUT2D eigenvalue weighted by Gasteiger charge is -2.40. The maximum atomic E-state index is 5.54. The summed E-state index contributed by atoms with van der Waals surface area (Å²) in [4.78, 5) is 0. The number of hydrogen-bond acceptors (Lipinski definition) is 3. The van der Waals surface area contributed by atoms with Crippen molar-refractivity contribution in [1.29, 1.82) is 0 Å². The van der Waals surface area contributed by atoms with Gasteiger partial charge in [0.2, 0.25) is 0 Å². The summed E-state index contributed by atoms with van der Waals surface area (Å²) in [6, 6.07) is 0. The number of nitrogens with zero attached hydrogens (tertiary/aromatic N) is 1. The largest absolute Gasteiger partial charge is 0.377 e. The van der Waals surface area contributed by atoms with Gasteiger partial charge in [0.05, 0.1) is 11.8 Å². The molecule has 2 rings (SSSR count). The maximum Gasteiger partial charge on any atom is 0.0802 e. The van der Waals surface area contributed by atoms with Gasteiger partial charge in [0, 0.05) is 31.5 Å². The molecule has 0 unspecified atom stereocenters. The van der Waals surface area contributed by atoms with E-state index >= 15 is 0 Å². The molecule has 1 saturated carbocycles. The Morgan fingerprint density at radius 1 is 1.60 bits per heavy atom. The van der Waals surface area contributed by atoms with Crippen LogP contribution in [0.4, 0.5) is 0 Å². The van der Waals surface area contributed by atoms with Crippen LogP contribution in [0.25, 0.3) is 0 Å². The Labute approximate surface area is 90.4 Å². The van der Waals surface area contributed by atoms with E-state index in [0.717, 1.165) is 18.8 Å². The molecule has 1 aromatic rings. The topological polar surface area (TPSA) is 49.9 Å². The molecule has 0 spiro atoms. The molecule has 0 amide bonds. The Bertz CT molecular complexity index is 312. The first kappa shape index (κ1) is 10.6. The Morgan fingerprint density at radius 3 is 2.87 bits per heavy atom. The van der Waals surface area contributed by atoms with Gasteiger partial charge in [-0.2, -0.15) is 5.10 Å². The highest BCUT2D eigenvalue weighted by Crippen LogP contribution is 2.34. The van der Waals surface area contributed by atoms with E-state index in [-0.39, 0.29) is 5.60 Å². The van der Waals surface area contributed by atoms with Crippen molar-refractivity contribution in [3.63, 3.8) is 0 Å². The minimum Gasteiger partial charge on any atom is -0.377 e. The average Bonchev–Trinajstić information content (AvgIpc) is 2.57. The molecule has 0 radical (unpaired) electrons. The molecule has 0 atom stereocenters. The monoisotopic (exact) mass is 209 g/mol. The summed E-state index contributed by atoms with van der Waals surface area (Å²) in [5.74, 6) is 0. The second-order valence-electron chi connectivity index (χ2n) is 4.36. The third kappa shape index (κ3) is 2.21. The van der Waals surface area contributed by atoms with Crippen molar-refractivity contribution >= 4 is 0 Å². The van der Waals surface area contributed by atoms with E-state index in [1.807, 2.05) is 20.2 Å². The highest BCUT2D eigenvalue weighted by Gasteiger charge is 2.36. The van der Waals surface area contributed by atoms with E-state index in [4.69, 9.17) is 4.74 Å². The zero-order chi connectivity index (χ0) is 10.7. The molecule has 4 heteroatoms. The van der Waals surface area contributed by atoms with Crippen LogP contribution in [0.5, 0.6) is 0 Å². The molecule has 1 aromatic heterocycles. The van der Waals surface area contributed by atoms with Gasteiger partial charge < -0.3 is 10.1 Å². The fourth-order valence-corrected chi connectivity index (χ4v) is 2.00. The summed E-state index contributed by atoms with van der Waals surface area (Å²) in [6.07, 6.45) is 5.53. The Hall–Kier alpha value is -0.870. The summed E-state index contributed by atoms with van der Waals surface area (Å²) in [5, 5.41) is 10.4. The quantitative estimate of drug-likeness (QED) is 0.770. The molecule has 2 N–H and O–H groups in total. The molecule has 1 aliphatic rings. The summed E-state index contributed by atoms with van der Waals surface area (Å²) in [5.41, 5.74) is 2.49. The van der Waals surface area contributed by atoms with Gasteiger partial charge in [-0.25, -0.2) is 0 Å². The number of aromatic nitrogens is 2. The van der Waals surface area contributed by atoms with Crippen LogP contribution in [0.15, 0.2) is 6.20 Å². The first-order valence-corrected chi connectivity index (χ1v) is 5.50. The molecule has 0 aromatic carbocycles. The second-order valence-corrected chi connectivity index (χ2v) is 4.36. The van der Waals surface area contributed by atoms with Crippen molar-refractivity contribution in [2.75, 3.05) is 13.7 Å². The van der Waals surface area contributed by atoms with Crippen LogP contribution in [0.3, 0.4) is 0 Å². The molecule has 1 heterocycles. The van der Waals surface area contributed by atoms with Gasteiger partial charge in [-0.1, -0.05) is 0 Å². The fraction of sp³-hybridized carbons (Fsp3) is 0.727. The van der Waals surface area contributed by atoms with Crippen molar-refractivity contribution in [2.45, 2.75) is 38.3 Å². The molecule has 0 bridgehead atoms. The fourth-order valence-electron chi connectivity index (χ4n) is 2.00. The standard InChI is InChI=1S/C11H19N3O/c1-9-10(7-13-14-9)6-12-8-11(15-2)4-3-5-11/h7,12H,3-6,8H2,1-2H3,(H,13,14). The van der Waals surface area contributed by atoms with E-state index in [0.29, 0.717) is 0 Å². The zero-order valence-electron chi connectivity index (χ0n) is 9.47. The number of ether oxygens (including phenoxy) is 1. The van der Waals surface area contributed by atoms with E-state index in [9.17, 15) is 0 Å². The highest BCUT2D eigenvalue weighted by molar-refractivity contribution is 5.13. The van der Waals surface area contributed by atoms with Crippen LogP contribution in [0.1, 0.15) is 30.5 Å². The number of rotatable bonds is 5. The number of aryl methyl sites for hydroxylation is 1. The van der Waals surface area contributed by atoms with Gasteiger partial charge in [0.15, 0.2) is 0 Å². The lowest BCUT2D eigenvalue weighted by Crippen LogP contribution is -2.47. The van der Waals surface area contributed by atoms with Gasteiger partial charge in [0.25, 0.3) is 0 Å². The molecule has 1 fully saturated rings. The van der Waals surface area contributed by atoms with Gasteiger partial charge >= 0.3 is 0 Å². The predicted molar refractivity (Wildman–Crippen MR) is 58.6 cm³/mol. The summed E-state index contributed by atoms with van der Waals surface area (Å²) >= 11 is 0. The van der Waals surface area contributed by atoms with E-state index in [1.165, 1.54) is 24.8 Å². The van der Waals surface area contributed by atoms with Crippen molar-refractivity contribution < 1.29 is 4.74 Å². The normalized spacial score (nSPS) is 18.8. The van der Waals surface area contributed by atoms with Crippen molar-refractivity contribution in [3.05, 3.63) is 17.5 Å². The number of hydrogen-bond donors (Lipinski definition) is 2.